The molecule has 26 heavy (non-hydrogen) atoms. The fourth-order valence-electron chi connectivity index (χ4n) is 3.63. The van der Waals surface area contributed by atoms with E-state index in [2.05, 4.69) is 5.10 Å². The Bertz CT molecular complexity index is 748. The van der Waals surface area contributed by atoms with Gasteiger partial charge in [0, 0.05) is 5.71 Å². The van der Waals surface area contributed by atoms with E-state index >= 15 is 0 Å². The van der Waals surface area contributed by atoms with Crippen molar-refractivity contribution < 1.29 is 27.8 Å². The number of amides is 1. The normalized spacial score (nSPS) is 25.7. The number of nitrogens with zero attached hydrogens (tertiary/aromatic N) is 2. The Kier molecular flexibility index (Phi) is 4.72. The Morgan fingerprint density at radius 2 is 2.12 bits per heavy atom. The van der Waals surface area contributed by atoms with E-state index < -0.39 is 30.3 Å². The first-order valence-electron chi connectivity index (χ1n) is 8.54. The summed E-state index contributed by atoms with van der Waals surface area (Å²) in [5.41, 5.74) is -1.30. The lowest BCUT2D eigenvalue weighted by atomic mass is 9.80. The van der Waals surface area contributed by atoms with Gasteiger partial charge in [0.2, 0.25) is 0 Å². The monoisotopic (exact) mass is 370 g/mol. The molecule has 3 rings (SSSR count). The van der Waals surface area contributed by atoms with E-state index in [1.165, 1.54) is 0 Å². The highest BCUT2D eigenvalue weighted by molar-refractivity contribution is 5.93. The van der Waals surface area contributed by atoms with Crippen LogP contribution in [0.15, 0.2) is 23.3 Å². The molecule has 1 heterocycles. The number of hydrogen-bond acceptors (Lipinski definition) is 4. The molecule has 1 N–H and O–H groups in total. The topological polar surface area (TPSA) is 62.1 Å². The molecule has 0 radical (unpaired) electrons. The van der Waals surface area contributed by atoms with E-state index in [1.807, 2.05) is 13.0 Å². The molecule has 0 saturated heterocycles. The van der Waals surface area contributed by atoms with E-state index in [1.54, 1.807) is 19.1 Å². The van der Waals surface area contributed by atoms with Gasteiger partial charge in [-0.15, -0.1) is 0 Å². The van der Waals surface area contributed by atoms with Crippen molar-refractivity contribution >= 4 is 11.6 Å². The summed E-state index contributed by atoms with van der Waals surface area (Å²) in [5, 5.41) is 14.5. The summed E-state index contributed by atoms with van der Waals surface area (Å²) >= 11 is 0. The summed E-state index contributed by atoms with van der Waals surface area (Å²) in [7, 11) is 0. The third-order valence-electron chi connectivity index (χ3n) is 4.95. The smallest absolute Gasteiger partial charge is 0.439 e. The molecule has 0 spiro atoms. The molecule has 1 aromatic rings. The maximum absolute atomic E-state index is 13.6. The van der Waals surface area contributed by atoms with E-state index in [4.69, 9.17) is 4.74 Å². The molecule has 0 aromatic heterocycles. The number of fused-ring (bicyclic) bond motifs is 1. The van der Waals surface area contributed by atoms with Gasteiger partial charge >= 0.3 is 6.18 Å². The lowest BCUT2D eigenvalue weighted by molar-refractivity contribution is -0.317. The van der Waals surface area contributed by atoms with Gasteiger partial charge in [-0.1, -0.05) is 24.1 Å². The lowest BCUT2D eigenvalue weighted by Crippen LogP contribution is -2.62. The molecule has 5 nitrogen and oxygen atoms in total. The summed E-state index contributed by atoms with van der Waals surface area (Å²) in [6.45, 7) is 3.04. The molecule has 0 unspecified atom stereocenters. The number of rotatable bonds is 3. The molecule has 1 amide bonds. The summed E-state index contributed by atoms with van der Waals surface area (Å²) in [6.07, 6.45) is -3.25. The van der Waals surface area contributed by atoms with E-state index in [9.17, 15) is 23.1 Å². The quantitative estimate of drug-likeness (QED) is 0.888. The molecule has 1 aromatic carbocycles. The molecule has 2 atom stereocenters. The average Bonchev–Trinajstić information content (AvgIpc) is 2.88. The van der Waals surface area contributed by atoms with Gasteiger partial charge in [-0.3, -0.25) is 4.79 Å². The Balaban J connectivity index is 1.81. The average molecular weight is 370 g/mol. The molecule has 1 aliphatic heterocycles. The highest BCUT2D eigenvalue weighted by Gasteiger charge is 2.68. The van der Waals surface area contributed by atoms with Crippen molar-refractivity contribution in [2.45, 2.75) is 51.4 Å². The van der Waals surface area contributed by atoms with Gasteiger partial charge in [0.1, 0.15) is 5.75 Å². The minimum atomic E-state index is -5.00. The molecule has 1 saturated carbocycles. The van der Waals surface area contributed by atoms with Crippen molar-refractivity contribution in [3.63, 3.8) is 0 Å². The van der Waals surface area contributed by atoms with Crippen LogP contribution >= 0.6 is 0 Å². The van der Waals surface area contributed by atoms with Crippen LogP contribution in [-0.2, 0) is 4.79 Å². The molecule has 1 aliphatic carbocycles. The van der Waals surface area contributed by atoms with E-state index in [0.29, 0.717) is 25.0 Å². The number of hydrazone groups is 1. The second-order valence-corrected chi connectivity index (χ2v) is 6.88. The maximum atomic E-state index is 13.6. The Labute approximate surface area is 149 Å². The van der Waals surface area contributed by atoms with Gasteiger partial charge in [0.15, 0.2) is 6.61 Å². The van der Waals surface area contributed by atoms with Crippen LogP contribution in [0.4, 0.5) is 13.2 Å². The SMILES string of the molecule is Cc1ccc(OCC(=O)N2N=C3CCCC[C@H]3[C@]2(O)C(F)(F)F)c(C)c1. The van der Waals surface area contributed by atoms with Crippen LogP contribution in [0.2, 0.25) is 0 Å². The molecular weight excluding hydrogens is 349 g/mol. The predicted octanol–water partition coefficient (Wildman–Crippen LogP) is 3.32. The number of aryl methyl sites for hydroxylation is 2. The van der Waals surface area contributed by atoms with Gasteiger partial charge in [0.05, 0.1) is 5.92 Å². The van der Waals surface area contributed by atoms with Gasteiger partial charge in [-0.2, -0.15) is 23.3 Å². The van der Waals surface area contributed by atoms with Crippen molar-refractivity contribution in [2.24, 2.45) is 11.0 Å². The summed E-state index contributed by atoms with van der Waals surface area (Å²) < 4.78 is 46.3. The first-order chi connectivity index (χ1) is 12.1. The first kappa shape index (κ1) is 18.7. The number of benzene rings is 1. The second-order valence-electron chi connectivity index (χ2n) is 6.88. The summed E-state index contributed by atoms with van der Waals surface area (Å²) in [5.74, 6) is -1.82. The standard InChI is InChI=1S/C18H21F3N2O3/c1-11-7-8-15(12(2)9-11)26-10-16(24)23-17(25,18(19,20)21)13-5-3-4-6-14(13)22-23/h7-9,13,25H,3-6,10H2,1-2H3/t13-,17+/m1/s1. The molecule has 1 fully saturated rings. The fourth-order valence-corrected chi connectivity index (χ4v) is 3.63. The van der Waals surface area contributed by atoms with Crippen LogP contribution in [-0.4, -0.2) is 40.2 Å². The van der Waals surface area contributed by atoms with Crippen LogP contribution < -0.4 is 4.74 Å². The first-order valence-corrected chi connectivity index (χ1v) is 8.54. The zero-order valence-electron chi connectivity index (χ0n) is 14.6. The highest BCUT2D eigenvalue weighted by Crippen LogP contribution is 2.48. The zero-order valence-corrected chi connectivity index (χ0v) is 14.6. The Morgan fingerprint density at radius 1 is 1.38 bits per heavy atom. The van der Waals surface area contributed by atoms with Gasteiger partial charge < -0.3 is 9.84 Å². The maximum Gasteiger partial charge on any atom is 0.439 e. The number of carbonyl (C=O) groups is 1. The number of halogens is 3. The van der Waals surface area contributed by atoms with Crippen molar-refractivity contribution in [1.29, 1.82) is 0 Å². The van der Waals surface area contributed by atoms with Crippen LogP contribution in [0.25, 0.3) is 0 Å². The second kappa shape index (κ2) is 6.57. The van der Waals surface area contributed by atoms with Crippen LogP contribution in [0.5, 0.6) is 5.75 Å². The van der Waals surface area contributed by atoms with Gasteiger partial charge in [-0.25, -0.2) is 0 Å². The van der Waals surface area contributed by atoms with Crippen LogP contribution in [0.3, 0.4) is 0 Å². The van der Waals surface area contributed by atoms with E-state index in [-0.39, 0.29) is 17.1 Å². The van der Waals surface area contributed by atoms with Crippen molar-refractivity contribution in [3.8, 4) is 5.75 Å². The third kappa shape index (κ3) is 3.06. The summed E-state index contributed by atoms with van der Waals surface area (Å²) in [6, 6.07) is 5.28. The lowest BCUT2D eigenvalue weighted by Gasteiger charge is -2.38. The predicted molar refractivity (Wildman–Crippen MR) is 88.7 cm³/mol. The minimum Gasteiger partial charge on any atom is -0.483 e. The number of ether oxygens (including phenoxy) is 1. The van der Waals surface area contributed by atoms with Crippen LogP contribution in [0, 0.1) is 19.8 Å². The third-order valence-corrected chi connectivity index (χ3v) is 4.95. The van der Waals surface area contributed by atoms with Crippen molar-refractivity contribution in [1.82, 2.24) is 5.01 Å². The number of hydrogen-bond donors (Lipinski definition) is 1. The molecule has 0 bridgehead atoms. The minimum absolute atomic E-state index is 0.149. The number of alkyl halides is 3. The fraction of sp³-hybridized carbons (Fsp3) is 0.556. The van der Waals surface area contributed by atoms with Crippen molar-refractivity contribution in [3.05, 3.63) is 29.3 Å². The summed E-state index contributed by atoms with van der Waals surface area (Å²) in [4.78, 5) is 12.4. The van der Waals surface area contributed by atoms with Crippen LogP contribution in [0.1, 0.15) is 36.8 Å². The zero-order chi connectivity index (χ0) is 19.1. The molecule has 142 valence electrons. The largest absolute Gasteiger partial charge is 0.483 e. The Morgan fingerprint density at radius 3 is 2.77 bits per heavy atom. The van der Waals surface area contributed by atoms with Crippen molar-refractivity contribution in [2.75, 3.05) is 6.61 Å². The van der Waals surface area contributed by atoms with E-state index in [0.717, 1.165) is 11.1 Å². The molecular formula is C18H21F3N2O3. The number of carbonyl (C=O) groups excluding carboxylic acids is 1. The number of aliphatic hydroxyl groups is 1. The molecule has 2 aliphatic rings. The molecule has 8 heteroatoms. The highest BCUT2D eigenvalue weighted by atomic mass is 19.4. The Hall–Kier alpha value is -2.09. The van der Waals surface area contributed by atoms with Gasteiger partial charge in [-0.05, 0) is 44.7 Å². The van der Waals surface area contributed by atoms with Gasteiger partial charge in [0.25, 0.3) is 11.6 Å².